The molecule has 2 unspecified atom stereocenters. The number of likely N-dealkylation sites (tertiary alicyclic amines) is 1. The van der Waals surface area contributed by atoms with E-state index in [-0.39, 0.29) is 5.02 Å². The molecule has 55 heavy (non-hydrogen) atoms. The fraction of sp³-hybridized carbons (Fsp3) is 0.556. The molecule has 1 aliphatic heterocycles. The fourth-order valence-corrected chi connectivity index (χ4v) is 8.49. The van der Waals surface area contributed by atoms with Crippen molar-refractivity contribution in [3.8, 4) is 5.75 Å². The molecule has 4 atom stereocenters. The van der Waals surface area contributed by atoms with Gasteiger partial charge in [-0.3, -0.25) is 19.2 Å². The third-order valence-electron chi connectivity index (χ3n) is 9.90. The summed E-state index contributed by atoms with van der Waals surface area (Å²) in [5.74, 6) is -12.2. The Morgan fingerprint density at radius 2 is 1.58 bits per heavy atom. The van der Waals surface area contributed by atoms with Gasteiger partial charge in [0.15, 0.2) is 18.2 Å². The summed E-state index contributed by atoms with van der Waals surface area (Å²) in [4.78, 5) is 54.5. The highest BCUT2D eigenvalue weighted by Gasteiger charge is 2.51. The van der Waals surface area contributed by atoms with Crippen LogP contribution in [0.15, 0.2) is 48.5 Å². The molecule has 1 fully saturated rings. The Hall–Kier alpha value is -3.61. The number of nitrogens with one attached hydrogen (secondary N) is 2. The van der Waals surface area contributed by atoms with Crippen molar-refractivity contribution in [2.24, 2.45) is 5.92 Å². The van der Waals surface area contributed by atoms with Crippen molar-refractivity contribution >= 4 is 53.3 Å². The molecule has 1 heterocycles. The molecule has 0 saturated carbocycles. The molecule has 1 saturated heterocycles. The van der Waals surface area contributed by atoms with Gasteiger partial charge in [0, 0.05) is 17.1 Å². The van der Waals surface area contributed by atoms with Crippen LogP contribution in [0.5, 0.6) is 5.75 Å². The van der Waals surface area contributed by atoms with E-state index in [1.54, 1.807) is 13.1 Å². The van der Waals surface area contributed by atoms with Crippen LogP contribution >= 0.6 is 11.6 Å². The highest BCUT2D eigenvalue weighted by molar-refractivity contribution is 7.91. The predicted molar refractivity (Wildman–Crippen MR) is 198 cm³/mol. The van der Waals surface area contributed by atoms with E-state index in [9.17, 15) is 40.8 Å². The number of sulfone groups is 1. The number of Topliss-reactive ketones (excluding diaryl/α,β-unsaturated/α-hetero) is 1. The van der Waals surface area contributed by atoms with Gasteiger partial charge in [-0.25, -0.2) is 8.42 Å². The lowest BCUT2D eigenvalue weighted by Crippen LogP contribution is -2.59. The topological polar surface area (TPSA) is 148 Å². The number of ketones is 1. The Bertz CT molecular complexity index is 1840. The molecule has 0 radical (unpaired) electrons. The van der Waals surface area contributed by atoms with Crippen molar-refractivity contribution in [2.45, 2.75) is 100 Å². The number of alkyl halides is 5. The minimum Gasteiger partial charge on any atom is -0.497 e. The average molecular weight is 840 g/mol. The van der Waals surface area contributed by atoms with Gasteiger partial charge >= 0.3 is 12.1 Å². The smallest absolute Gasteiger partial charge is 0.452 e. The maximum atomic E-state index is 15.6. The standard InChI is InChI=1S/C36H47ClF5N3O8SSi/c1-21(2)29(30(46)36(40,41)42)44-31(47)28-17-26(54(50,51)20-22-12-14-25(52-6)15-13-22)18-45(28)32(48)27(19-53-55(7,8)34(3,4)5)43-33(49)35(38,39)23-10-9-11-24(37)16-23/h9-16,21,26-29H,17-20H2,1-8H3,(H,43,49)(H,44,47)/t26-,27?,28+,29?/m1/s1. The number of hydrogen-bond donors (Lipinski definition) is 2. The number of benzene rings is 2. The molecular weight excluding hydrogens is 793 g/mol. The van der Waals surface area contributed by atoms with Gasteiger partial charge in [0.1, 0.15) is 17.8 Å². The second-order valence-electron chi connectivity index (χ2n) is 15.3. The first-order chi connectivity index (χ1) is 25.1. The first-order valence-corrected chi connectivity index (χ1v) is 22.3. The Morgan fingerprint density at radius 1 is 0.982 bits per heavy atom. The van der Waals surface area contributed by atoms with Crippen LogP contribution in [-0.2, 0) is 45.1 Å². The lowest BCUT2D eigenvalue weighted by molar-refractivity contribution is -0.175. The molecule has 3 amide bonds. The van der Waals surface area contributed by atoms with Crippen LogP contribution in [0, 0.1) is 5.92 Å². The number of methoxy groups -OCH3 is 1. The number of rotatable bonds is 15. The number of carbonyl (C=O) groups excluding carboxylic acids is 4. The molecule has 1 aliphatic rings. The van der Waals surface area contributed by atoms with E-state index in [0.717, 1.165) is 17.0 Å². The van der Waals surface area contributed by atoms with Crippen LogP contribution in [0.3, 0.4) is 0 Å². The SMILES string of the molecule is COc1ccc(CS(=O)(=O)[C@@H]2C[C@@H](C(=O)NC(C(=O)C(F)(F)F)C(C)C)N(C(=O)C(CO[Si](C)(C)C(C)(C)C)NC(=O)C(F)(F)c3cccc(Cl)c3)C2)cc1. The quantitative estimate of drug-likeness (QED) is 0.169. The van der Waals surface area contributed by atoms with Gasteiger partial charge in [-0.15, -0.1) is 0 Å². The van der Waals surface area contributed by atoms with E-state index in [1.807, 2.05) is 31.4 Å². The number of ether oxygens (including phenoxy) is 1. The van der Waals surface area contributed by atoms with Crippen LogP contribution in [0.25, 0.3) is 0 Å². The van der Waals surface area contributed by atoms with Gasteiger partial charge in [0.25, 0.3) is 11.7 Å². The second-order valence-corrected chi connectivity index (χ2v) is 22.8. The van der Waals surface area contributed by atoms with Gasteiger partial charge in [-0.05, 0) is 60.3 Å². The summed E-state index contributed by atoms with van der Waals surface area (Å²) >= 11 is 5.88. The van der Waals surface area contributed by atoms with E-state index in [1.165, 1.54) is 57.4 Å². The zero-order chi connectivity index (χ0) is 41.9. The summed E-state index contributed by atoms with van der Waals surface area (Å²) in [6, 6.07) is 4.47. The maximum absolute atomic E-state index is 15.6. The third-order valence-corrected chi connectivity index (χ3v) is 16.7. The van der Waals surface area contributed by atoms with Gasteiger partial charge in [-0.1, -0.05) is 70.5 Å². The minimum absolute atomic E-state index is 0.101. The maximum Gasteiger partial charge on any atom is 0.452 e. The van der Waals surface area contributed by atoms with Crippen LogP contribution < -0.4 is 15.4 Å². The van der Waals surface area contributed by atoms with Crippen molar-refractivity contribution in [1.29, 1.82) is 0 Å². The molecule has 2 N–H and O–H groups in total. The van der Waals surface area contributed by atoms with E-state index in [4.69, 9.17) is 20.8 Å². The minimum atomic E-state index is -5.34. The number of carbonyl (C=O) groups is 4. The third kappa shape index (κ3) is 11.3. The van der Waals surface area contributed by atoms with Crippen LogP contribution in [0.1, 0.15) is 52.2 Å². The Balaban J connectivity index is 2.08. The molecule has 0 spiro atoms. The largest absolute Gasteiger partial charge is 0.497 e. The molecule has 0 bridgehead atoms. The predicted octanol–water partition coefficient (Wildman–Crippen LogP) is 5.80. The van der Waals surface area contributed by atoms with Crippen molar-refractivity contribution in [1.82, 2.24) is 15.5 Å². The molecular formula is C36H47ClF5N3O8SSi. The average Bonchev–Trinajstić information content (AvgIpc) is 3.54. The number of halogens is 6. The summed E-state index contributed by atoms with van der Waals surface area (Å²) in [6.45, 7) is 10.3. The fourth-order valence-electron chi connectivity index (χ4n) is 5.53. The number of hydrogen-bond acceptors (Lipinski definition) is 8. The Labute approximate surface area is 323 Å². The highest BCUT2D eigenvalue weighted by atomic mass is 35.5. The molecule has 0 aromatic heterocycles. The first kappa shape index (κ1) is 45.8. The summed E-state index contributed by atoms with van der Waals surface area (Å²) in [5, 5.41) is 2.00. The molecule has 306 valence electrons. The van der Waals surface area contributed by atoms with Gasteiger partial charge in [-0.2, -0.15) is 22.0 Å². The second kappa shape index (κ2) is 17.3. The van der Waals surface area contributed by atoms with Crippen molar-refractivity contribution in [3.63, 3.8) is 0 Å². The lowest BCUT2D eigenvalue weighted by Gasteiger charge is -2.38. The van der Waals surface area contributed by atoms with E-state index < -0.39 is 119 Å². The lowest BCUT2D eigenvalue weighted by atomic mass is 9.98. The molecule has 3 rings (SSSR count). The summed E-state index contributed by atoms with van der Waals surface area (Å²) in [6.07, 6.45) is -5.97. The zero-order valence-corrected chi connectivity index (χ0v) is 34.3. The molecule has 2 aromatic carbocycles. The van der Waals surface area contributed by atoms with E-state index in [0.29, 0.717) is 11.3 Å². The Morgan fingerprint density at radius 3 is 2.09 bits per heavy atom. The molecule has 2 aromatic rings. The molecule has 11 nitrogen and oxygen atoms in total. The van der Waals surface area contributed by atoms with Gasteiger partial charge < -0.3 is 24.7 Å². The number of nitrogens with zero attached hydrogens (tertiary/aromatic N) is 1. The monoisotopic (exact) mass is 839 g/mol. The van der Waals surface area contributed by atoms with Crippen molar-refractivity contribution < 1.29 is 58.7 Å². The molecule has 19 heteroatoms. The van der Waals surface area contributed by atoms with E-state index in [2.05, 4.69) is 0 Å². The zero-order valence-electron chi connectivity index (χ0n) is 31.7. The van der Waals surface area contributed by atoms with Crippen LogP contribution in [-0.4, -0.2) is 95.0 Å². The van der Waals surface area contributed by atoms with E-state index >= 15 is 8.78 Å². The van der Waals surface area contributed by atoms with Crippen LogP contribution in [0.2, 0.25) is 23.2 Å². The number of amides is 3. The van der Waals surface area contributed by atoms with Gasteiger partial charge in [0.2, 0.25) is 11.8 Å². The summed E-state index contributed by atoms with van der Waals surface area (Å²) < 4.78 is 111. The first-order valence-electron chi connectivity index (χ1n) is 17.3. The molecule has 0 aliphatic carbocycles. The Kier molecular flexibility index (Phi) is 14.4. The summed E-state index contributed by atoms with van der Waals surface area (Å²) in [5.41, 5.74) is -0.482. The normalized spacial score (nSPS) is 18.1. The van der Waals surface area contributed by atoms with Gasteiger partial charge in [0.05, 0.1) is 30.8 Å². The van der Waals surface area contributed by atoms with Crippen LogP contribution in [0.4, 0.5) is 22.0 Å². The van der Waals surface area contributed by atoms with Crippen molar-refractivity contribution in [3.05, 3.63) is 64.7 Å². The highest BCUT2D eigenvalue weighted by Crippen LogP contribution is 2.37. The summed E-state index contributed by atoms with van der Waals surface area (Å²) in [7, 11) is -5.58. The van der Waals surface area contributed by atoms with Crippen molar-refractivity contribution in [2.75, 3.05) is 20.3 Å².